The number of nitrogens with zero attached hydrogens (tertiary/aromatic N) is 2. The molecule has 8 nitrogen and oxygen atoms in total. The molecule has 1 aromatic heterocycles. The molecule has 0 fully saturated rings. The Morgan fingerprint density at radius 2 is 1.96 bits per heavy atom. The number of hydrogen-bond acceptors (Lipinski definition) is 8. The van der Waals surface area contributed by atoms with Gasteiger partial charge >= 0.3 is 0 Å². The normalized spacial score (nSPS) is 13.0. The van der Waals surface area contributed by atoms with Crippen molar-refractivity contribution in [2.45, 2.75) is 12.5 Å². The summed E-state index contributed by atoms with van der Waals surface area (Å²) in [6.07, 6.45) is 1.60. The Balaban J connectivity index is 2.15. The van der Waals surface area contributed by atoms with Crippen molar-refractivity contribution in [3.05, 3.63) is 30.5 Å². The summed E-state index contributed by atoms with van der Waals surface area (Å²) in [4.78, 5) is 8.35. The predicted octanol–water partition coefficient (Wildman–Crippen LogP) is 1.59. The lowest BCUT2D eigenvalue weighted by atomic mass is 10.1. The molecule has 0 amide bonds. The highest BCUT2D eigenvalue weighted by Crippen LogP contribution is 2.31. The molecular weight excluding hydrogens is 324 g/mol. The lowest BCUT2D eigenvalue weighted by molar-refractivity contribution is 0.0131. The van der Waals surface area contributed by atoms with Crippen LogP contribution in [0.15, 0.2) is 30.5 Å². The van der Waals surface area contributed by atoms with Crippen LogP contribution in [0, 0.1) is 0 Å². The summed E-state index contributed by atoms with van der Waals surface area (Å²) in [5, 5.41) is 16.2. The minimum atomic E-state index is -1.00. The zero-order valence-corrected chi connectivity index (χ0v) is 14.9. The SMILES string of the molecule is CNCC(C)(O)COc1cc(Nc2nccc(OC)n2)ccc1OC. The molecule has 0 aliphatic rings. The van der Waals surface area contributed by atoms with E-state index in [-0.39, 0.29) is 6.61 Å². The van der Waals surface area contributed by atoms with Crippen molar-refractivity contribution in [2.75, 3.05) is 39.7 Å². The van der Waals surface area contributed by atoms with Crippen LogP contribution in [0.3, 0.4) is 0 Å². The van der Waals surface area contributed by atoms with Crippen LogP contribution in [0.2, 0.25) is 0 Å². The number of likely N-dealkylation sites (N-methyl/N-ethyl adjacent to an activating group) is 1. The number of anilines is 2. The first kappa shape index (κ1) is 18.8. The van der Waals surface area contributed by atoms with Crippen molar-refractivity contribution in [3.8, 4) is 17.4 Å². The minimum absolute atomic E-state index is 0.114. The molecule has 0 spiro atoms. The van der Waals surface area contributed by atoms with E-state index in [9.17, 15) is 5.11 Å². The Labute approximate surface area is 147 Å². The van der Waals surface area contributed by atoms with Crippen LogP contribution in [0.25, 0.3) is 0 Å². The standard InChI is InChI=1S/C17H24N4O4/c1-17(22,10-18-2)11-25-14-9-12(5-6-13(14)23-3)20-16-19-8-7-15(21-16)24-4/h5-9,18,22H,10-11H2,1-4H3,(H,19,20,21). The zero-order chi connectivity index (χ0) is 18.3. The molecule has 0 aliphatic carbocycles. The third-order valence-corrected chi connectivity index (χ3v) is 3.36. The van der Waals surface area contributed by atoms with Crippen LogP contribution in [0.1, 0.15) is 6.92 Å². The van der Waals surface area contributed by atoms with Crippen molar-refractivity contribution in [1.29, 1.82) is 0 Å². The predicted molar refractivity (Wildman–Crippen MR) is 94.9 cm³/mol. The van der Waals surface area contributed by atoms with Gasteiger partial charge in [0.2, 0.25) is 11.8 Å². The Morgan fingerprint density at radius 1 is 1.16 bits per heavy atom. The van der Waals surface area contributed by atoms with Crippen LogP contribution < -0.4 is 24.8 Å². The fraction of sp³-hybridized carbons (Fsp3) is 0.412. The molecule has 25 heavy (non-hydrogen) atoms. The maximum Gasteiger partial charge on any atom is 0.230 e. The molecule has 1 aromatic carbocycles. The maximum atomic E-state index is 10.2. The highest BCUT2D eigenvalue weighted by Gasteiger charge is 2.21. The van der Waals surface area contributed by atoms with Crippen molar-refractivity contribution in [3.63, 3.8) is 0 Å². The quantitative estimate of drug-likeness (QED) is 0.628. The second-order valence-corrected chi connectivity index (χ2v) is 5.73. The molecule has 2 rings (SSSR count). The summed E-state index contributed by atoms with van der Waals surface area (Å²) in [5.74, 6) is 1.94. The molecule has 3 N–H and O–H groups in total. The van der Waals surface area contributed by atoms with Gasteiger partial charge in [-0.2, -0.15) is 4.98 Å². The lowest BCUT2D eigenvalue weighted by Gasteiger charge is -2.23. The van der Waals surface area contributed by atoms with Gasteiger partial charge in [-0.1, -0.05) is 0 Å². The van der Waals surface area contributed by atoms with Crippen LogP contribution >= 0.6 is 0 Å². The van der Waals surface area contributed by atoms with E-state index in [1.54, 1.807) is 52.6 Å². The summed E-state index contributed by atoms with van der Waals surface area (Å²) < 4.78 is 16.1. The van der Waals surface area contributed by atoms with Crippen LogP contribution in [-0.2, 0) is 0 Å². The Kier molecular flexibility index (Phi) is 6.37. The van der Waals surface area contributed by atoms with Crippen molar-refractivity contribution < 1.29 is 19.3 Å². The van der Waals surface area contributed by atoms with E-state index < -0.39 is 5.60 Å². The van der Waals surface area contributed by atoms with Crippen LogP contribution in [-0.4, -0.2) is 55.1 Å². The fourth-order valence-corrected chi connectivity index (χ4v) is 2.18. The molecule has 1 atom stereocenters. The van der Waals surface area contributed by atoms with E-state index in [0.717, 1.165) is 5.69 Å². The molecule has 0 saturated carbocycles. The molecule has 0 bridgehead atoms. The first-order valence-corrected chi connectivity index (χ1v) is 7.79. The van der Waals surface area contributed by atoms with Gasteiger partial charge in [0.1, 0.15) is 12.2 Å². The van der Waals surface area contributed by atoms with E-state index in [1.165, 1.54) is 0 Å². The second-order valence-electron chi connectivity index (χ2n) is 5.73. The Hall–Kier alpha value is -2.58. The highest BCUT2D eigenvalue weighted by atomic mass is 16.5. The largest absolute Gasteiger partial charge is 0.493 e. The summed E-state index contributed by atoms with van der Waals surface area (Å²) in [5.41, 5.74) is -0.281. The number of nitrogens with one attached hydrogen (secondary N) is 2. The average molecular weight is 348 g/mol. The maximum absolute atomic E-state index is 10.2. The third kappa shape index (κ3) is 5.47. The fourth-order valence-electron chi connectivity index (χ4n) is 2.18. The molecule has 0 saturated heterocycles. The molecule has 1 heterocycles. The van der Waals surface area contributed by atoms with Gasteiger partial charge in [-0.25, -0.2) is 4.98 Å². The van der Waals surface area contributed by atoms with Gasteiger partial charge in [0.15, 0.2) is 11.5 Å². The van der Waals surface area contributed by atoms with Gasteiger partial charge in [0, 0.05) is 30.6 Å². The topological polar surface area (TPSA) is 97.8 Å². The third-order valence-electron chi connectivity index (χ3n) is 3.36. The molecule has 0 radical (unpaired) electrons. The van der Waals surface area contributed by atoms with E-state index >= 15 is 0 Å². The van der Waals surface area contributed by atoms with Gasteiger partial charge in [-0.15, -0.1) is 0 Å². The molecule has 136 valence electrons. The number of aliphatic hydroxyl groups is 1. The first-order chi connectivity index (χ1) is 12.0. The van der Waals surface area contributed by atoms with Gasteiger partial charge in [0.05, 0.1) is 14.2 Å². The van der Waals surface area contributed by atoms with E-state index in [1.807, 2.05) is 6.07 Å². The Bertz CT molecular complexity index is 694. The smallest absolute Gasteiger partial charge is 0.230 e. The van der Waals surface area contributed by atoms with Crippen molar-refractivity contribution in [1.82, 2.24) is 15.3 Å². The number of hydrogen-bond donors (Lipinski definition) is 3. The van der Waals surface area contributed by atoms with Gasteiger partial charge in [0.25, 0.3) is 0 Å². The van der Waals surface area contributed by atoms with E-state index in [2.05, 4.69) is 20.6 Å². The first-order valence-electron chi connectivity index (χ1n) is 7.79. The molecule has 2 aromatic rings. The number of ether oxygens (including phenoxy) is 3. The monoisotopic (exact) mass is 348 g/mol. The van der Waals surface area contributed by atoms with Gasteiger partial charge in [-0.05, 0) is 26.1 Å². The van der Waals surface area contributed by atoms with Crippen molar-refractivity contribution in [2.24, 2.45) is 0 Å². The van der Waals surface area contributed by atoms with Crippen LogP contribution in [0.5, 0.6) is 17.4 Å². The number of aromatic nitrogens is 2. The molecule has 0 aliphatic heterocycles. The number of methoxy groups -OCH3 is 2. The number of benzene rings is 1. The van der Waals surface area contributed by atoms with E-state index in [0.29, 0.717) is 29.9 Å². The Morgan fingerprint density at radius 3 is 2.64 bits per heavy atom. The summed E-state index contributed by atoms with van der Waals surface area (Å²) in [7, 11) is 4.88. The average Bonchev–Trinajstić information content (AvgIpc) is 2.60. The van der Waals surface area contributed by atoms with Crippen LogP contribution in [0.4, 0.5) is 11.6 Å². The lowest BCUT2D eigenvalue weighted by Crippen LogP contribution is -2.41. The summed E-state index contributed by atoms with van der Waals surface area (Å²) in [6.45, 7) is 2.22. The van der Waals surface area contributed by atoms with Gasteiger partial charge < -0.3 is 30.0 Å². The minimum Gasteiger partial charge on any atom is -0.493 e. The zero-order valence-electron chi connectivity index (χ0n) is 14.9. The molecule has 8 heteroatoms. The van der Waals surface area contributed by atoms with Crippen molar-refractivity contribution >= 4 is 11.6 Å². The highest BCUT2D eigenvalue weighted by molar-refractivity contribution is 5.59. The molecule has 1 unspecified atom stereocenters. The van der Waals surface area contributed by atoms with Gasteiger partial charge in [-0.3, -0.25) is 0 Å². The second kappa shape index (κ2) is 8.50. The molecular formula is C17H24N4O4. The summed E-state index contributed by atoms with van der Waals surface area (Å²) in [6, 6.07) is 7.01. The van der Waals surface area contributed by atoms with E-state index in [4.69, 9.17) is 14.2 Å². The number of rotatable bonds is 9. The summed E-state index contributed by atoms with van der Waals surface area (Å²) >= 11 is 0.